The first kappa shape index (κ1) is 13.7. The molecule has 1 N–H and O–H groups in total. The number of likely N-dealkylation sites (tertiary alicyclic amines) is 1. The molecule has 0 aliphatic carbocycles. The number of rotatable bonds is 5. The Labute approximate surface area is 114 Å². The number of phenolic OH excluding ortho intramolecular Hbond substituents is 1. The molecule has 18 heavy (non-hydrogen) atoms. The summed E-state index contributed by atoms with van der Waals surface area (Å²) in [6.07, 6.45) is 3.63. The Kier molecular flexibility index (Phi) is 4.87. The fourth-order valence-corrected chi connectivity index (χ4v) is 2.57. The van der Waals surface area contributed by atoms with Crippen LogP contribution >= 0.6 is 11.6 Å². The number of hydrogen-bond donors (Lipinski definition) is 1. The van der Waals surface area contributed by atoms with Crippen molar-refractivity contribution in [3.8, 4) is 5.75 Å². The predicted molar refractivity (Wildman–Crippen MR) is 75.1 cm³/mol. The fourth-order valence-electron chi connectivity index (χ4n) is 2.36. The molecule has 3 nitrogen and oxygen atoms in total. The molecule has 1 aliphatic rings. The van der Waals surface area contributed by atoms with E-state index in [1.54, 1.807) is 6.07 Å². The van der Waals surface area contributed by atoms with Crippen molar-refractivity contribution < 1.29 is 5.11 Å². The number of aromatic hydroxyl groups is 1. The molecule has 100 valence electrons. The van der Waals surface area contributed by atoms with Crippen molar-refractivity contribution in [2.24, 2.45) is 0 Å². The Morgan fingerprint density at radius 1 is 1.33 bits per heavy atom. The summed E-state index contributed by atoms with van der Waals surface area (Å²) in [5.41, 5.74) is 1.17. The molecule has 0 unspecified atom stereocenters. The van der Waals surface area contributed by atoms with Crippen LogP contribution in [-0.4, -0.2) is 48.3 Å². The van der Waals surface area contributed by atoms with Gasteiger partial charge in [-0.3, -0.25) is 9.80 Å². The van der Waals surface area contributed by atoms with Crippen molar-refractivity contribution in [3.05, 3.63) is 28.8 Å². The van der Waals surface area contributed by atoms with Gasteiger partial charge in [-0.2, -0.15) is 0 Å². The van der Waals surface area contributed by atoms with Crippen LogP contribution in [0.3, 0.4) is 0 Å². The number of hydrogen-bond acceptors (Lipinski definition) is 3. The molecule has 0 radical (unpaired) electrons. The lowest BCUT2D eigenvalue weighted by molar-refractivity contribution is 0.184. The van der Waals surface area contributed by atoms with Crippen molar-refractivity contribution in [1.82, 2.24) is 9.80 Å². The molecule has 0 saturated carbocycles. The van der Waals surface area contributed by atoms with Gasteiger partial charge in [-0.1, -0.05) is 17.7 Å². The molecule has 0 amide bonds. The molecule has 1 fully saturated rings. The lowest BCUT2D eigenvalue weighted by Crippen LogP contribution is -2.34. The topological polar surface area (TPSA) is 26.7 Å². The summed E-state index contributed by atoms with van der Waals surface area (Å²) in [7, 11) is 2.15. The third-order valence-electron chi connectivity index (χ3n) is 3.43. The van der Waals surface area contributed by atoms with Crippen LogP contribution < -0.4 is 0 Å². The van der Waals surface area contributed by atoms with E-state index in [2.05, 4.69) is 16.8 Å². The maximum absolute atomic E-state index is 9.36. The highest BCUT2D eigenvalue weighted by Crippen LogP contribution is 2.23. The van der Waals surface area contributed by atoms with Gasteiger partial charge < -0.3 is 5.11 Å². The molecule has 1 aromatic carbocycles. The third-order valence-corrected chi connectivity index (χ3v) is 3.74. The summed E-state index contributed by atoms with van der Waals surface area (Å²) in [5.74, 6) is 0.158. The standard InChI is InChI=1S/C14H21ClN2O/c1-16(11-17-7-2-3-8-17)9-6-12-4-5-14(18)13(15)10-12/h4-5,10,18H,2-3,6-9,11H2,1H3. The number of halogens is 1. The second-order valence-electron chi connectivity index (χ2n) is 5.08. The van der Waals surface area contributed by atoms with E-state index in [0.717, 1.165) is 19.6 Å². The van der Waals surface area contributed by atoms with Crippen LogP contribution in [0.4, 0.5) is 0 Å². The van der Waals surface area contributed by atoms with Crippen molar-refractivity contribution in [1.29, 1.82) is 0 Å². The zero-order valence-electron chi connectivity index (χ0n) is 10.9. The third kappa shape index (κ3) is 3.87. The molecule has 0 spiro atoms. The Morgan fingerprint density at radius 3 is 2.72 bits per heavy atom. The second-order valence-corrected chi connectivity index (χ2v) is 5.49. The summed E-state index contributed by atoms with van der Waals surface area (Å²) >= 11 is 5.89. The van der Waals surface area contributed by atoms with E-state index in [9.17, 15) is 5.11 Å². The molecule has 2 rings (SSSR count). The minimum absolute atomic E-state index is 0.158. The lowest BCUT2D eigenvalue weighted by Gasteiger charge is -2.23. The summed E-state index contributed by atoms with van der Waals surface area (Å²) in [6, 6.07) is 5.45. The maximum atomic E-state index is 9.36. The SMILES string of the molecule is CN(CCc1ccc(O)c(Cl)c1)CN1CCCC1. The quantitative estimate of drug-likeness (QED) is 0.889. The van der Waals surface area contributed by atoms with Crippen LogP contribution in [0.5, 0.6) is 5.75 Å². The van der Waals surface area contributed by atoms with E-state index in [4.69, 9.17) is 11.6 Å². The van der Waals surface area contributed by atoms with E-state index in [1.807, 2.05) is 12.1 Å². The first-order valence-electron chi connectivity index (χ1n) is 6.53. The van der Waals surface area contributed by atoms with Crippen LogP contribution in [0.25, 0.3) is 0 Å². The second kappa shape index (κ2) is 6.41. The van der Waals surface area contributed by atoms with Crippen LogP contribution in [0.2, 0.25) is 5.02 Å². The Hall–Kier alpha value is -0.770. The minimum Gasteiger partial charge on any atom is -0.506 e. The number of benzene rings is 1. The number of likely N-dealkylation sites (N-methyl/N-ethyl adjacent to an activating group) is 1. The molecule has 4 heteroatoms. The molecule has 0 aromatic heterocycles. The van der Waals surface area contributed by atoms with Crippen molar-refractivity contribution in [3.63, 3.8) is 0 Å². The van der Waals surface area contributed by atoms with Crippen molar-refractivity contribution >= 4 is 11.6 Å². The Balaban J connectivity index is 1.77. The van der Waals surface area contributed by atoms with Gasteiger partial charge in [-0.15, -0.1) is 0 Å². The van der Waals surface area contributed by atoms with Crippen LogP contribution in [0.15, 0.2) is 18.2 Å². The zero-order valence-corrected chi connectivity index (χ0v) is 11.7. The zero-order chi connectivity index (χ0) is 13.0. The molecule has 0 atom stereocenters. The fraction of sp³-hybridized carbons (Fsp3) is 0.571. The molecule has 1 aromatic rings. The van der Waals surface area contributed by atoms with Crippen LogP contribution in [0, 0.1) is 0 Å². The molecular weight excluding hydrogens is 248 g/mol. The van der Waals surface area contributed by atoms with Gasteiger partial charge >= 0.3 is 0 Å². The van der Waals surface area contributed by atoms with E-state index in [1.165, 1.54) is 31.5 Å². The highest BCUT2D eigenvalue weighted by molar-refractivity contribution is 6.32. The van der Waals surface area contributed by atoms with E-state index in [-0.39, 0.29) is 5.75 Å². The van der Waals surface area contributed by atoms with Gasteiger partial charge in [0, 0.05) is 6.54 Å². The van der Waals surface area contributed by atoms with Gasteiger partial charge in [0.25, 0.3) is 0 Å². The van der Waals surface area contributed by atoms with E-state index >= 15 is 0 Å². The van der Waals surface area contributed by atoms with Gasteiger partial charge in [0.1, 0.15) is 5.75 Å². The van der Waals surface area contributed by atoms with Gasteiger partial charge in [-0.25, -0.2) is 0 Å². The van der Waals surface area contributed by atoms with Crippen molar-refractivity contribution in [2.75, 3.05) is 33.4 Å². The van der Waals surface area contributed by atoms with Crippen LogP contribution in [0.1, 0.15) is 18.4 Å². The van der Waals surface area contributed by atoms with Gasteiger partial charge in [-0.05, 0) is 57.1 Å². The molecule has 0 bridgehead atoms. The molecule has 1 saturated heterocycles. The first-order chi connectivity index (χ1) is 8.65. The summed E-state index contributed by atoms with van der Waals surface area (Å²) in [6.45, 7) is 4.52. The van der Waals surface area contributed by atoms with Gasteiger partial charge in [0.05, 0.1) is 11.7 Å². The largest absolute Gasteiger partial charge is 0.506 e. The monoisotopic (exact) mass is 268 g/mol. The maximum Gasteiger partial charge on any atom is 0.134 e. The molecule has 1 heterocycles. The lowest BCUT2D eigenvalue weighted by atomic mass is 10.1. The average Bonchev–Trinajstić information content (AvgIpc) is 2.83. The smallest absolute Gasteiger partial charge is 0.134 e. The summed E-state index contributed by atoms with van der Waals surface area (Å²) < 4.78 is 0. The average molecular weight is 269 g/mol. The Morgan fingerprint density at radius 2 is 2.06 bits per heavy atom. The van der Waals surface area contributed by atoms with E-state index < -0.39 is 0 Å². The number of phenols is 1. The highest BCUT2D eigenvalue weighted by Gasteiger charge is 2.13. The normalized spacial score (nSPS) is 16.6. The molecule has 1 aliphatic heterocycles. The Bertz CT molecular complexity index is 391. The van der Waals surface area contributed by atoms with Gasteiger partial charge in [0.15, 0.2) is 0 Å². The highest BCUT2D eigenvalue weighted by atomic mass is 35.5. The van der Waals surface area contributed by atoms with Crippen LogP contribution in [-0.2, 0) is 6.42 Å². The molecular formula is C14H21ClN2O. The van der Waals surface area contributed by atoms with E-state index in [0.29, 0.717) is 5.02 Å². The summed E-state index contributed by atoms with van der Waals surface area (Å²) in [4.78, 5) is 4.83. The first-order valence-corrected chi connectivity index (χ1v) is 6.91. The predicted octanol–water partition coefficient (Wildman–Crippen LogP) is 2.57. The summed E-state index contributed by atoms with van der Waals surface area (Å²) in [5, 5.41) is 9.80. The van der Waals surface area contributed by atoms with Crippen molar-refractivity contribution in [2.45, 2.75) is 19.3 Å². The number of nitrogens with zero attached hydrogens (tertiary/aromatic N) is 2. The minimum atomic E-state index is 0.158. The van der Waals surface area contributed by atoms with Gasteiger partial charge in [0.2, 0.25) is 0 Å².